The Labute approximate surface area is 233 Å². The minimum Gasteiger partial charge on any atom is -0.481 e. The van der Waals surface area contributed by atoms with Crippen molar-refractivity contribution < 1.29 is 19.5 Å². The van der Waals surface area contributed by atoms with Gasteiger partial charge in [0.05, 0.1) is 22.1 Å². The number of rotatable bonds is 11. The van der Waals surface area contributed by atoms with Gasteiger partial charge in [0.15, 0.2) is 5.78 Å². The molecule has 1 aromatic heterocycles. The third-order valence-electron chi connectivity index (χ3n) is 7.59. The number of halogens is 2. The molecule has 4 rings (SSSR count). The Morgan fingerprint density at radius 2 is 1.89 bits per heavy atom. The van der Waals surface area contributed by atoms with Crippen LogP contribution in [0, 0.1) is 0 Å². The second-order valence-electron chi connectivity index (χ2n) is 10.2. The normalized spacial score (nSPS) is 22.7. The molecule has 0 bridgehead atoms. The number of hydrogen-bond acceptors (Lipinski definition) is 6. The van der Waals surface area contributed by atoms with Crippen LogP contribution in [0.2, 0.25) is 10.0 Å². The molecule has 1 aromatic carbocycles. The second kappa shape index (κ2) is 13.0. The number of aromatic nitrogens is 1. The van der Waals surface area contributed by atoms with Crippen molar-refractivity contribution >= 4 is 40.9 Å². The number of carbonyl (C=O) groups excluding carboxylic acids is 2. The molecule has 0 radical (unpaired) electrons. The molecule has 0 aliphatic carbocycles. The third kappa shape index (κ3) is 7.11. The molecular weight excluding hydrogens is 527 g/mol. The van der Waals surface area contributed by atoms with E-state index in [1.165, 1.54) is 11.8 Å². The molecular formula is C28H34Cl2N4O4. The largest absolute Gasteiger partial charge is 0.481 e. The summed E-state index contributed by atoms with van der Waals surface area (Å²) >= 11 is 12.0. The van der Waals surface area contributed by atoms with Crippen LogP contribution in [0.3, 0.4) is 0 Å². The van der Waals surface area contributed by atoms with Gasteiger partial charge < -0.3 is 15.7 Å². The highest BCUT2D eigenvalue weighted by Gasteiger charge is 2.45. The molecule has 38 heavy (non-hydrogen) atoms. The number of amides is 1. The van der Waals surface area contributed by atoms with Crippen LogP contribution in [0.15, 0.2) is 42.6 Å². The lowest BCUT2D eigenvalue weighted by Crippen LogP contribution is -2.50. The Bertz CT molecular complexity index is 1150. The first-order valence-corrected chi connectivity index (χ1v) is 13.9. The third-order valence-corrected chi connectivity index (χ3v) is 8.30. The van der Waals surface area contributed by atoms with Gasteiger partial charge in [0.2, 0.25) is 5.91 Å². The number of hydrogen-bond donors (Lipinski definition) is 2. The maximum Gasteiger partial charge on any atom is 0.303 e. The number of carboxylic acids is 1. The van der Waals surface area contributed by atoms with Gasteiger partial charge in [-0.3, -0.25) is 24.3 Å². The minimum absolute atomic E-state index is 0.0716. The fourth-order valence-electron chi connectivity index (χ4n) is 5.65. The molecule has 2 aromatic rings. The number of benzene rings is 1. The lowest BCUT2D eigenvalue weighted by molar-refractivity contribution is -0.144. The first-order valence-electron chi connectivity index (χ1n) is 13.1. The number of nitrogens with two attached hydrogens (primary N) is 1. The second-order valence-corrected chi connectivity index (χ2v) is 11.0. The summed E-state index contributed by atoms with van der Waals surface area (Å²) in [5.74, 6) is -1.30. The quantitative estimate of drug-likeness (QED) is 0.429. The van der Waals surface area contributed by atoms with E-state index in [1.807, 2.05) is 18.2 Å². The number of fused-ring (bicyclic) bond motifs is 1. The number of aryl methyl sites for hydroxylation is 2. The van der Waals surface area contributed by atoms with Crippen LogP contribution in [-0.2, 0) is 27.2 Å². The maximum absolute atomic E-state index is 13.8. The van der Waals surface area contributed by atoms with Gasteiger partial charge in [-0.25, -0.2) is 0 Å². The number of Topliss-reactive ketones (excluding diaryl/α,β-unsaturated/α-hetero) is 1. The molecule has 1 amide bonds. The van der Waals surface area contributed by atoms with Crippen molar-refractivity contribution in [3.05, 3.63) is 63.9 Å². The molecule has 0 spiro atoms. The van der Waals surface area contributed by atoms with Gasteiger partial charge >= 0.3 is 5.97 Å². The van der Waals surface area contributed by atoms with E-state index in [-0.39, 0.29) is 43.0 Å². The van der Waals surface area contributed by atoms with Crippen molar-refractivity contribution in [3.63, 3.8) is 0 Å². The van der Waals surface area contributed by atoms with Crippen LogP contribution < -0.4 is 5.73 Å². The van der Waals surface area contributed by atoms with Crippen molar-refractivity contribution in [2.75, 3.05) is 13.1 Å². The zero-order valence-electron chi connectivity index (χ0n) is 21.3. The molecule has 2 aliphatic heterocycles. The molecule has 2 saturated heterocycles. The predicted molar refractivity (Wildman–Crippen MR) is 146 cm³/mol. The number of ketones is 1. The zero-order valence-corrected chi connectivity index (χ0v) is 22.8. The fourth-order valence-corrected chi connectivity index (χ4v) is 5.93. The summed E-state index contributed by atoms with van der Waals surface area (Å²) in [5, 5.41) is 10.0. The van der Waals surface area contributed by atoms with E-state index in [9.17, 15) is 19.5 Å². The minimum atomic E-state index is -0.999. The Morgan fingerprint density at radius 3 is 2.61 bits per heavy atom. The van der Waals surface area contributed by atoms with Gasteiger partial charge in [0, 0.05) is 49.9 Å². The topological polar surface area (TPSA) is 117 Å². The van der Waals surface area contributed by atoms with E-state index >= 15 is 0 Å². The van der Waals surface area contributed by atoms with E-state index < -0.39 is 18.1 Å². The Morgan fingerprint density at radius 1 is 1.13 bits per heavy atom. The molecule has 0 saturated carbocycles. The maximum atomic E-state index is 13.8. The lowest BCUT2D eigenvalue weighted by Gasteiger charge is -2.32. The van der Waals surface area contributed by atoms with Crippen LogP contribution in [0.25, 0.3) is 0 Å². The smallest absolute Gasteiger partial charge is 0.303 e. The van der Waals surface area contributed by atoms with Crippen molar-refractivity contribution in [2.24, 2.45) is 5.73 Å². The van der Waals surface area contributed by atoms with Crippen LogP contribution in [-0.4, -0.2) is 74.8 Å². The van der Waals surface area contributed by atoms with Gasteiger partial charge in [-0.1, -0.05) is 53.5 Å². The first-order chi connectivity index (χ1) is 18.2. The summed E-state index contributed by atoms with van der Waals surface area (Å²) < 4.78 is 0. The monoisotopic (exact) mass is 560 g/mol. The molecule has 3 heterocycles. The number of carboxylic acid groups (broad SMARTS) is 1. The molecule has 3 N–H and O–H groups in total. The van der Waals surface area contributed by atoms with Gasteiger partial charge in [0.1, 0.15) is 0 Å². The molecule has 4 atom stereocenters. The van der Waals surface area contributed by atoms with E-state index in [4.69, 9.17) is 28.9 Å². The predicted octanol–water partition coefficient (Wildman–Crippen LogP) is 3.76. The molecule has 1 unspecified atom stereocenters. The highest BCUT2D eigenvalue weighted by Crippen LogP contribution is 2.31. The Balaban J connectivity index is 1.51. The fraction of sp³-hybridized carbons (Fsp3) is 0.500. The van der Waals surface area contributed by atoms with Crippen molar-refractivity contribution in [1.82, 2.24) is 14.8 Å². The molecule has 2 fully saturated rings. The summed E-state index contributed by atoms with van der Waals surface area (Å²) in [6.45, 7) is 1.04. The first kappa shape index (κ1) is 28.5. The standard InChI is InChI=1S/C28H34Cl2N4O4/c29-22-15-20(32-16-23(22)30)7-10-26(35)24(9-11-27(36)37)33-13-12-21(8-6-18-4-2-1-3-5-18)34-17-19(31)14-25(34)28(33)38/h1-5,15-16,19,21,24-25H,6-14,17,31H2,(H,36,37)/t19-,21?,24-,25+/m1/s1. The van der Waals surface area contributed by atoms with Crippen LogP contribution in [0.4, 0.5) is 0 Å². The Kier molecular flexibility index (Phi) is 9.76. The Hall–Kier alpha value is -2.52. The zero-order chi connectivity index (χ0) is 27.2. The van der Waals surface area contributed by atoms with E-state index in [1.54, 1.807) is 11.0 Å². The van der Waals surface area contributed by atoms with Gasteiger partial charge in [-0.05, 0) is 50.2 Å². The van der Waals surface area contributed by atoms with Gasteiger partial charge in [-0.15, -0.1) is 0 Å². The van der Waals surface area contributed by atoms with E-state index in [2.05, 4.69) is 22.0 Å². The highest BCUT2D eigenvalue weighted by molar-refractivity contribution is 6.41. The summed E-state index contributed by atoms with van der Waals surface area (Å²) in [5.41, 5.74) is 8.16. The van der Waals surface area contributed by atoms with E-state index in [0.29, 0.717) is 48.1 Å². The average molecular weight is 562 g/mol. The van der Waals surface area contributed by atoms with Gasteiger partial charge in [-0.2, -0.15) is 0 Å². The average Bonchev–Trinajstić information content (AvgIpc) is 3.24. The highest BCUT2D eigenvalue weighted by atomic mass is 35.5. The van der Waals surface area contributed by atoms with Crippen molar-refractivity contribution in [2.45, 2.75) is 75.5 Å². The van der Waals surface area contributed by atoms with Crippen LogP contribution in [0.5, 0.6) is 0 Å². The summed E-state index contributed by atoms with van der Waals surface area (Å²) in [6, 6.07) is 10.7. The number of aliphatic carboxylic acids is 1. The van der Waals surface area contributed by atoms with Gasteiger partial charge in [0.25, 0.3) is 0 Å². The number of nitrogens with zero attached hydrogens (tertiary/aromatic N) is 3. The summed E-state index contributed by atoms with van der Waals surface area (Å²) in [6.07, 6.45) is 4.75. The van der Waals surface area contributed by atoms with Crippen molar-refractivity contribution in [1.29, 1.82) is 0 Å². The summed E-state index contributed by atoms with van der Waals surface area (Å²) in [4.78, 5) is 46.8. The molecule has 8 nitrogen and oxygen atoms in total. The lowest BCUT2D eigenvalue weighted by atomic mass is 9.98. The van der Waals surface area contributed by atoms with E-state index in [0.717, 1.165) is 12.8 Å². The molecule has 10 heteroatoms. The number of pyridine rings is 1. The number of carbonyl (C=O) groups is 3. The van der Waals surface area contributed by atoms with Crippen LogP contribution >= 0.6 is 23.2 Å². The summed E-state index contributed by atoms with van der Waals surface area (Å²) in [7, 11) is 0. The van der Waals surface area contributed by atoms with Crippen LogP contribution in [0.1, 0.15) is 49.8 Å². The molecule has 2 aliphatic rings. The van der Waals surface area contributed by atoms with Crippen molar-refractivity contribution in [3.8, 4) is 0 Å². The SMILES string of the molecule is N[C@@H]1C[C@H]2C(=O)N([C@H](CCC(=O)O)C(=O)CCc3cc(Cl)c(Cl)cn3)CCC(CCc3ccccc3)N2C1. The molecule has 204 valence electrons.